The zero-order chi connectivity index (χ0) is 10.7. The number of halogens is 1. The standard InChI is InChI=1S/C12H15NO2.ClH/c14-12(15)10-4-1-3-9(7-10)11-5-2-6-13-8-11;/h1,3-4,7,11,13H,2,5-6,8H2,(H,14,15);1H/t11-;/m0./s1. The van der Waals surface area contributed by atoms with Gasteiger partial charge in [0.05, 0.1) is 5.56 Å². The molecule has 2 rings (SSSR count). The zero-order valence-corrected chi connectivity index (χ0v) is 9.80. The number of hydrogen-bond acceptors (Lipinski definition) is 2. The Hall–Kier alpha value is -1.06. The molecule has 1 aromatic rings. The summed E-state index contributed by atoms with van der Waals surface area (Å²) in [4.78, 5) is 10.8. The first kappa shape index (κ1) is 13.0. The van der Waals surface area contributed by atoms with Crippen molar-refractivity contribution >= 4 is 18.4 Å². The Morgan fingerprint density at radius 1 is 1.44 bits per heavy atom. The number of carbonyl (C=O) groups is 1. The largest absolute Gasteiger partial charge is 0.478 e. The van der Waals surface area contributed by atoms with E-state index >= 15 is 0 Å². The molecule has 0 bridgehead atoms. The van der Waals surface area contributed by atoms with Crippen molar-refractivity contribution < 1.29 is 9.90 Å². The first-order valence-corrected chi connectivity index (χ1v) is 5.31. The van der Waals surface area contributed by atoms with E-state index in [-0.39, 0.29) is 12.4 Å². The summed E-state index contributed by atoms with van der Waals surface area (Å²) in [5, 5.41) is 12.2. The maximum Gasteiger partial charge on any atom is 0.335 e. The topological polar surface area (TPSA) is 49.3 Å². The van der Waals surface area contributed by atoms with Crippen molar-refractivity contribution in [3.05, 3.63) is 35.4 Å². The van der Waals surface area contributed by atoms with Gasteiger partial charge in [0.1, 0.15) is 0 Å². The molecule has 0 aromatic heterocycles. The molecule has 0 spiro atoms. The van der Waals surface area contributed by atoms with Crippen LogP contribution >= 0.6 is 12.4 Å². The van der Waals surface area contributed by atoms with E-state index in [0.717, 1.165) is 25.1 Å². The molecule has 0 unspecified atom stereocenters. The van der Waals surface area contributed by atoms with Crippen molar-refractivity contribution in [1.29, 1.82) is 0 Å². The highest BCUT2D eigenvalue weighted by molar-refractivity contribution is 5.87. The first-order valence-electron chi connectivity index (χ1n) is 5.31. The van der Waals surface area contributed by atoms with Crippen molar-refractivity contribution in [1.82, 2.24) is 5.32 Å². The molecule has 0 saturated carbocycles. The summed E-state index contributed by atoms with van der Waals surface area (Å²) in [5.74, 6) is -0.376. The van der Waals surface area contributed by atoms with E-state index in [4.69, 9.17) is 5.11 Å². The molecule has 2 N–H and O–H groups in total. The molecule has 1 aliphatic heterocycles. The molecule has 0 radical (unpaired) electrons. The van der Waals surface area contributed by atoms with E-state index in [1.807, 2.05) is 12.1 Å². The summed E-state index contributed by atoms with van der Waals surface area (Å²) in [6, 6.07) is 7.28. The smallest absolute Gasteiger partial charge is 0.335 e. The van der Waals surface area contributed by atoms with Crippen LogP contribution in [-0.2, 0) is 0 Å². The zero-order valence-electron chi connectivity index (χ0n) is 8.98. The minimum atomic E-state index is -0.847. The van der Waals surface area contributed by atoms with Crippen molar-refractivity contribution in [3.63, 3.8) is 0 Å². The Morgan fingerprint density at radius 3 is 2.88 bits per heavy atom. The Morgan fingerprint density at radius 2 is 2.25 bits per heavy atom. The van der Waals surface area contributed by atoms with E-state index in [1.54, 1.807) is 12.1 Å². The second kappa shape index (κ2) is 5.87. The average molecular weight is 242 g/mol. The van der Waals surface area contributed by atoms with Crippen LogP contribution in [0.25, 0.3) is 0 Å². The highest BCUT2D eigenvalue weighted by Crippen LogP contribution is 2.23. The fourth-order valence-corrected chi connectivity index (χ4v) is 2.06. The normalized spacial score (nSPS) is 19.9. The van der Waals surface area contributed by atoms with Crippen molar-refractivity contribution in [2.24, 2.45) is 0 Å². The third-order valence-corrected chi connectivity index (χ3v) is 2.90. The van der Waals surface area contributed by atoms with Gasteiger partial charge < -0.3 is 10.4 Å². The van der Waals surface area contributed by atoms with Crippen molar-refractivity contribution in [2.75, 3.05) is 13.1 Å². The van der Waals surface area contributed by atoms with Gasteiger partial charge in [-0.25, -0.2) is 4.79 Å². The van der Waals surface area contributed by atoms with Crippen LogP contribution in [0.1, 0.15) is 34.7 Å². The third kappa shape index (κ3) is 2.97. The molecule has 3 nitrogen and oxygen atoms in total. The summed E-state index contributed by atoms with van der Waals surface area (Å²) in [6.07, 6.45) is 2.32. The van der Waals surface area contributed by atoms with Crippen molar-refractivity contribution in [2.45, 2.75) is 18.8 Å². The number of hydrogen-bond donors (Lipinski definition) is 2. The summed E-state index contributed by atoms with van der Waals surface area (Å²) < 4.78 is 0. The summed E-state index contributed by atoms with van der Waals surface area (Å²) >= 11 is 0. The highest BCUT2D eigenvalue weighted by Gasteiger charge is 2.15. The van der Waals surface area contributed by atoms with E-state index < -0.39 is 5.97 Å². The second-order valence-electron chi connectivity index (χ2n) is 3.97. The van der Waals surface area contributed by atoms with Gasteiger partial charge in [0, 0.05) is 6.54 Å². The van der Waals surface area contributed by atoms with E-state index in [1.165, 1.54) is 6.42 Å². The number of rotatable bonds is 2. The molecule has 88 valence electrons. The molecule has 1 aliphatic rings. The van der Waals surface area contributed by atoms with Crippen LogP contribution in [0.2, 0.25) is 0 Å². The minimum absolute atomic E-state index is 0. The lowest BCUT2D eigenvalue weighted by Gasteiger charge is -2.23. The van der Waals surface area contributed by atoms with Gasteiger partial charge >= 0.3 is 5.97 Å². The molecule has 1 atom stereocenters. The molecule has 1 fully saturated rings. The fraction of sp³-hybridized carbons (Fsp3) is 0.417. The van der Waals surface area contributed by atoms with Gasteiger partial charge in [-0.15, -0.1) is 12.4 Å². The van der Waals surface area contributed by atoms with Gasteiger partial charge in [-0.3, -0.25) is 0 Å². The Kier molecular flexibility index (Phi) is 4.77. The van der Waals surface area contributed by atoms with Crippen LogP contribution < -0.4 is 5.32 Å². The highest BCUT2D eigenvalue weighted by atomic mass is 35.5. The quantitative estimate of drug-likeness (QED) is 0.835. The number of aromatic carboxylic acids is 1. The molecule has 1 heterocycles. The number of carboxylic acids is 1. The van der Waals surface area contributed by atoms with Gasteiger partial charge in [0.2, 0.25) is 0 Å². The summed E-state index contributed by atoms with van der Waals surface area (Å²) in [6.45, 7) is 2.04. The molecule has 1 aromatic carbocycles. The van der Waals surface area contributed by atoms with Gasteiger partial charge in [-0.05, 0) is 43.0 Å². The van der Waals surface area contributed by atoms with E-state index in [2.05, 4.69) is 5.32 Å². The molecule has 0 amide bonds. The van der Waals surface area contributed by atoms with Crippen LogP contribution in [0.3, 0.4) is 0 Å². The van der Waals surface area contributed by atoms with Crippen LogP contribution in [0, 0.1) is 0 Å². The van der Waals surface area contributed by atoms with Crippen LogP contribution in [-0.4, -0.2) is 24.2 Å². The van der Waals surface area contributed by atoms with E-state index in [0.29, 0.717) is 11.5 Å². The lowest BCUT2D eigenvalue weighted by atomic mass is 9.91. The Labute approximate surface area is 101 Å². The molecule has 0 aliphatic carbocycles. The lowest BCUT2D eigenvalue weighted by molar-refractivity contribution is 0.0696. The first-order chi connectivity index (χ1) is 7.27. The predicted octanol–water partition coefficient (Wildman–Crippen LogP) is 2.27. The van der Waals surface area contributed by atoms with Crippen LogP contribution in [0.4, 0.5) is 0 Å². The minimum Gasteiger partial charge on any atom is -0.478 e. The fourth-order valence-electron chi connectivity index (χ4n) is 2.06. The van der Waals surface area contributed by atoms with E-state index in [9.17, 15) is 4.79 Å². The van der Waals surface area contributed by atoms with Crippen LogP contribution in [0.5, 0.6) is 0 Å². The second-order valence-corrected chi connectivity index (χ2v) is 3.97. The summed E-state index contributed by atoms with van der Waals surface area (Å²) in [7, 11) is 0. The van der Waals surface area contributed by atoms with Gasteiger partial charge in [-0.2, -0.15) is 0 Å². The molecular formula is C12H16ClNO2. The maximum atomic E-state index is 10.8. The SMILES string of the molecule is Cl.O=C(O)c1cccc([C@H]2CCCNC2)c1. The van der Waals surface area contributed by atoms with Gasteiger partial charge in [0.15, 0.2) is 0 Å². The van der Waals surface area contributed by atoms with Gasteiger partial charge in [-0.1, -0.05) is 12.1 Å². The Balaban J connectivity index is 0.00000128. The Bertz CT molecular complexity index is 362. The number of benzene rings is 1. The molecular weight excluding hydrogens is 226 g/mol. The maximum absolute atomic E-state index is 10.8. The average Bonchev–Trinajstić information content (AvgIpc) is 2.30. The number of nitrogens with one attached hydrogen (secondary N) is 1. The van der Waals surface area contributed by atoms with Crippen LogP contribution in [0.15, 0.2) is 24.3 Å². The number of carboxylic acid groups (broad SMARTS) is 1. The predicted molar refractivity (Wildman–Crippen MR) is 65.5 cm³/mol. The number of piperidine rings is 1. The summed E-state index contributed by atoms with van der Waals surface area (Å²) in [5.41, 5.74) is 1.53. The third-order valence-electron chi connectivity index (χ3n) is 2.90. The molecule has 16 heavy (non-hydrogen) atoms. The van der Waals surface area contributed by atoms with Crippen molar-refractivity contribution in [3.8, 4) is 0 Å². The molecule has 4 heteroatoms. The lowest BCUT2D eigenvalue weighted by Crippen LogP contribution is -2.28. The molecule has 1 saturated heterocycles. The van der Waals surface area contributed by atoms with Gasteiger partial charge in [0.25, 0.3) is 0 Å². The monoisotopic (exact) mass is 241 g/mol.